The zero-order chi connectivity index (χ0) is 13.0. The lowest BCUT2D eigenvalue weighted by Gasteiger charge is -2.09. The Hall–Kier alpha value is -1.68. The van der Waals surface area contributed by atoms with Crippen molar-refractivity contribution in [3.63, 3.8) is 0 Å². The van der Waals surface area contributed by atoms with Crippen LogP contribution in [-0.4, -0.2) is 21.0 Å². The molecule has 0 bridgehead atoms. The van der Waals surface area contributed by atoms with E-state index in [1.165, 1.54) is 12.1 Å². The minimum absolute atomic E-state index is 0.265. The van der Waals surface area contributed by atoms with E-state index in [1.807, 2.05) is 23.9 Å². The summed E-state index contributed by atoms with van der Waals surface area (Å²) in [6.45, 7) is 2.83. The van der Waals surface area contributed by atoms with Crippen molar-refractivity contribution in [1.29, 1.82) is 0 Å². The highest BCUT2D eigenvalue weighted by molar-refractivity contribution is 5.18. The summed E-state index contributed by atoms with van der Waals surface area (Å²) < 4.78 is 14.8. The SMILES string of the molecule is CCn1cc(CC(O)Cc2cccc(F)c2)cn1. The fraction of sp³-hybridized carbons (Fsp3) is 0.357. The molecule has 0 aliphatic carbocycles. The van der Waals surface area contributed by atoms with Crippen LogP contribution in [0.2, 0.25) is 0 Å². The van der Waals surface area contributed by atoms with Crippen molar-refractivity contribution in [2.24, 2.45) is 0 Å². The number of nitrogens with zero attached hydrogens (tertiary/aromatic N) is 2. The Bertz CT molecular complexity index is 510. The smallest absolute Gasteiger partial charge is 0.123 e. The zero-order valence-corrected chi connectivity index (χ0v) is 10.4. The van der Waals surface area contributed by atoms with Crippen LogP contribution in [0.25, 0.3) is 0 Å². The molecule has 0 saturated carbocycles. The van der Waals surface area contributed by atoms with Crippen LogP contribution in [0.5, 0.6) is 0 Å². The van der Waals surface area contributed by atoms with E-state index in [4.69, 9.17) is 0 Å². The number of aliphatic hydroxyl groups is 1. The van der Waals surface area contributed by atoms with Gasteiger partial charge in [-0.15, -0.1) is 0 Å². The maximum Gasteiger partial charge on any atom is 0.123 e. The number of aromatic nitrogens is 2. The molecule has 0 aliphatic rings. The number of hydrogen-bond acceptors (Lipinski definition) is 2. The van der Waals surface area contributed by atoms with Gasteiger partial charge in [0.1, 0.15) is 5.82 Å². The van der Waals surface area contributed by atoms with E-state index in [0.29, 0.717) is 12.8 Å². The van der Waals surface area contributed by atoms with Gasteiger partial charge in [-0.2, -0.15) is 5.10 Å². The van der Waals surface area contributed by atoms with E-state index >= 15 is 0 Å². The van der Waals surface area contributed by atoms with Gasteiger partial charge in [0.05, 0.1) is 12.3 Å². The number of aryl methyl sites for hydroxylation is 1. The molecular weight excluding hydrogens is 231 g/mol. The number of hydrogen-bond donors (Lipinski definition) is 1. The summed E-state index contributed by atoms with van der Waals surface area (Å²) in [5.41, 5.74) is 1.81. The van der Waals surface area contributed by atoms with Crippen LogP contribution in [-0.2, 0) is 19.4 Å². The molecule has 18 heavy (non-hydrogen) atoms. The standard InChI is InChI=1S/C14H17FN2O/c1-2-17-10-12(9-16-17)8-14(18)7-11-4-3-5-13(15)6-11/h3-6,9-10,14,18H,2,7-8H2,1H3. The topological polar surface area (TPSA) is 38.0 Å². The van der Waals surface area contributed by atoms with E-state index in [-0.39, 0.29) is 5.82 Å². The van der Waals surface area contributed by atoms with Crippen LogP contribution in [0.3, 0.4) is 0 Å². The van der Waals surface area contributed by atoms with Gasteiger partial charge >= 0.3 is 0 Å². The third kappa shape index (κ3) is 3.40. The Labute approximate surface area is 106 Å². The van der Waals surface area contributed by atoms with E-state index in [0.717, 1.165) is 17.7 Å². The van der Waals surface area contributed by atoms with Gasteiger partial charge < -0.3 is 5.11 Å². The van der Waals surface area contributed by atoms with E-state index < -0.39 is 6.10 Å². The first kappa shape index (κ1) is 12.8. The number of aliphatic hydroxyl groups excluding tert-OH is 1. The Morgan fingerprint density at radius 1 is 1.33 bits per heavy atom. The predicted octanol–water partition coefficient (Wildman–Crippen LogP) is 2.19. The van der Waals surface area contributed by atoms with Crippen molar-refractivity contribution in [1.82, 2.24) is 9.78 Å². The van der Waals surface area contributed by atoms with Crippen molar-refractivity contribution in [3.05, 3.63) is 53.6 Å². The molecule has 0 amide bonds. The summed E-state index contributed by atoms with van der Waals surface area (Å²) in [6, 6.07) is 6.34. The first-order valence-corrected chi connectivity index (χ1v) is 6.11. The Kier molecular flexibility index (Phi) is 4.10. The van der Waals surface area contributed by atoms with Crippen molar-refractivity contribution in [2.45, 2.75) is 32.4 Å². The molecule has 1 unspecified atom stereocenters. The van der Waals surface area contributed by atoms with Crippen LogP contribution in [0.4, 0.5) is 4.39 Å². The van der Waals surface area contributed by atoms with Crippen molar-refractivity contribution < 1.29 is 9.50 Å². The summed E-state index contributed by atoms with van der Waals surface area (Å²) in [5.74, 6) is -0.265. The lowest BCUT2D eigenvalue weighted by atomic mass is 10.0. The zero-order valence-electron chi connectivity index (χ0n) is 10.4. The number of halogens is 1. The highest BCUT2D eigenvalue weighted by Gasteiger charge is 2.09. The molecule has 1 N–H and O–H groups in total. The molecule has 4 heteroatoms. The predicted molar refractivity (Wildman–Crippen MR) is 67.7 cm³/mol. The molecule has 1 heterocycles. The van der Waals surface area contributed by atoms with Gasteiger partial charge in [0.2, 0.25) is 0 Å². The minimum atomic E-state index is -0.513. The summed E-state index contributed by atoms with van der Waals surface area (Å²) in [5, 5.41) is 14.1. The average molecular weight is 248 g/mol. The molecule has 0 aliphatic heterocycles. The molecule has 1 aromatic heterocycles. The molecule has 3 nitrogen and oxygen atoms in total. The first-order valence-electron chi connectivity index (χ1n) is 6.11. The lowest BCUT2D eigenvalue weighted by molar-refractivity contribution is 0.175. The highest BCUT2D eigenvalue weighted by atomic mass is 19.1. The molecule has 1 atom stereocenters. The summed E-state index contributed by atoms with van der Waals surface area (Å²) in [7, 11) is 0. The molecule has 0 fully saturated rings. The van der Waals surface area contributed by atoms with Crippen LogP contribution in [0.1, 0.15) is 18.1 Å². The Balaban J connectivity index is 1.94. The molecule has 0 saturated heterocycles. The molecule has 0 radical (unpaired) electrons. The summed E-state index contributed by atoms with van der Waals surface area (Å²) >= 11 is 0. The molecule has 2 rings (SSSR count). The molecule has 1 aromatic carbocycles. The molecule has 96 valence electrons. The van der Waals surface area contributed by atoms with Gasteiger partial charge in [0, 0.05) is 19.2 Å². The second-order valence-corrected chi connectivity index (χ2v) is 4.40. The van der Waals surface area contributed by atoms with Crippen molar-refractivity contribution >= 4 is 0 Å². The van der Waals surface area contributed by atoms with Gasteiger partial charge in [0.15, 0.2) is 0 Å². The van der Waals surface area contributed by atoms with E-state index in [1.54, 1.807) is 12.3 Å². The average Bonchev–Trinajstić information content (AvgIpc) is 2.76. The van der Waals surface area contributed by atoms with Crippen LogP contribution < -0.4 is 0 Å². The number of rotatable bonds is 5. The summed E-state index contributed by atoms with van der Waals surface area (Å²) in [4.78, 5) is 0. The molecule has 0 spiro atoms. The third-order valence-corrected chi connectivity index (χ3v) is 2.84. The second-order valence-electron chi connectivity index (χ2n) is 4.40. The third-order valence-electron chi connectivity index (χ3n) is 2.84. The van der Waals surface area contributed by atoms with Crippen LogP contribution in [0, 0.1) is 5.82 Å². The van der Waals surface area contributed by atoms with Crippen molar-refractivity contribution in [2.75, 3.05) is 0 Å². The van der Waals surface area contributed by atoms with Gasteiger partial charge in [-0.05, 0) is 36.6 Å². The minimum Gasteiger partial charge on any atom is -0.392 e. The first-order chi connectivity index (χ1) is 8.67. The quantitative estimate of drug-likeness (QED) is 0.880. The fourth-order valence-corrected chi connectivity index (χ4v) is 1.96. The second kappa shape index (κ2) is 5.78. The molecule has 2 aromatic rings. The van der Waals surface area contributed by atoms with E-state index in [2.05, 4.69) is 5.10 Å². The van der Waals surface area contributed by atoms with Crippen LogP contribution in [0.15, 0.2) is 36.7 Å². The number of benzene rings is 1. The highest BCUT2D eigenvalue weighted by Crippen LogP contribution is 2.10. The van der Waals surface area contributed by atoms with Crippen molar-refractivity contribution in [3.8, 4) is 0 Å². The van der Waals surface area contributed by atoms with E-state index in [9.17, 15) is 9.50 Å². The Morgan fingerprint density at radius 2 is 2.11 bits per heavy atom. The normalized spacial score (nSPS) is 12.6. The molecular formula is C14H17FN2O. The monoisotopic (exact) mass is 248 g/mol. The summed E-state index contributed by atoms with van der Waals surface area (Å²) in [6.07, 6.45) is 4.17. The Morgan fingerprint density at radius 3 is 2.78 bits per heavy atom. The lowest BCUT2D eigenvalue weighted by Crippen LogP contribution is -2.13. The van der Waals surface area contributed by atoms with Gasteiger partial charge in [-0.25, -0.2) is 4.39 Å². The largest absolute Gasteiger partial charge is 0.392 e. The fourth-order valence-electron chi connectivity index (χ4n) is 1.96. The maximum atomic E-state index is 13.0. The van der Waals surface area contributed by atoms with Gasteiger partial charge in [0.25, 0.3) is 0 Å². The van der Waals surface area contributed by atoms with Gasteiger partial charge in [-0.1, -0.05) is 12.1 Å². The maximum absolute atomic E-state index is 13.0. The van der Waals surface area contributed by atoms with Gasteiger partial charge in [-0.3, -0.25) is 4.68 Å². The van der Waals surface area contributed by atoms with Crippen LogP contribution >= 0.6 is 0 Å².